The predicted molar refractivity (Wildman–Crippen MR) is 76.4 cm³/mol. The second kappa shape index (κ2) is 4.85. The second-order valence-electron chi connectivity index (χ2n) is 4.12. The summed E-state index contributed by atoms with van der Waals surface area (Å²) in [6.07, 6.45) is 0. The molecule has 4 nitrogen and oxygen atoms in total. The van der Waals surface area contributed by atoms with Crippen molar-refractivity contribution < 1.29 is 8.42 Å². The summed E-state index contributed by atoms with van der Waals surface area (Å²) in [7, 11) is -3.77. The maximum absolute atomic E-state index is 12.5. The number of para-hydroxylation sites is 2. The van der Waals surface area contributed by atoms with Gasteiger partial charge in [0.05, 0.1) is 15.9 Å². The molecule has 0 aliphatic carbocycles. The van der Waals surface area contributed by atoms with E-state index < -0.39 is 9.84 Å². The van der Waals surface area contributed by atoms with E-state index in [1.807, 2.05) is 0 Å². The van der Waals surface area contributed by atoms with Crippen LogP contribution in [0.1, 0.15) is 0 Å². The highest BCUT2D eigenvalue weighted by Gasteiger charge is 2.24. The molecular formula is C14H9ClN2O2S. The summed E-state index contributed by atoms with van der Waals surface area (Å²) in [6, 6.07) is 15.0. The lowest BCUT2D eigenvalue weighted by Crippen LogP contribution is -2.06. The average molecular weight is 305 g/mol. The summed E-state index contributed by atoms with van der Waals surface area (Å²) in [5, 5.41) is -0.336. The highest BCUT2D eigenvalue weighted by atomic mass is 35.5. The fraction of sp³-hybridized carbons (Fsp3) is 0. The second-order valence-corrected chi connectivity index (χ2v) is 6.35. The molecule has 0 saturated heterocycles. The molecule has 0 spiro atoms. The third kappa shape index (κ3) is 2.15. The Balaban J connectivity index is 2.27. The standard InChI is InChI=1S/C14H9ClN2O2S/c15-13-14(17-12-9-5-4-8-11(12)16-13)20(18,19)10-6-2-1-3-7-10/h1-9H. The van der Waals surface area contributed by atoms with Crippen LogP contribution >= 0.6 is 11.6 Å². The minimum absolute atomic E-state index is 0.118. The largest absolute Gasteiger partial charge is 0.231 e. The van der Waals surface area contributed by atoms with Gasteiger partial charge >= 0.3 is 0 Å². The molecule has 0 radical (unpaired) electrons. The molecule has 0 fully saturated rings. The van der Waals surface area contributed by atoms with Crippen LogP contribution in [0.5, 0.6) is 0 Å². The molecule has 0 aliphatic heterocycles. The van der Waals surface area contributed by atoms with Crippen molar-refractivity contribution in [2.24, 2.45) is 0 Å². The van der Waals surface area contributed by atoms with Crippen LogP contribution in [0.2, 0.25) is 5.15 Å². The minimum atomic E-state index is -3.77. The van der Waals surface area contributed by atoms with Gasteiger partial charge in [0, 0.05) is 0 Å². The molecular weight excluding hydrogens is 296 g/mol. The van der Waals surface area contributed by atoms with Crippen molar-refractivity contribution in [3.8, 4) is 0 Å². The Hall–Kier alpha value is -1.98. The molecule has 0 amide bonds. The number of benzene rings is 2. The quantitative estimate of drug-likeness (QED) is 0.730. The predicted octanol–water partition coefficient (Wildman–Crippen LogP) is 3.12. The van der Waals surface area contributed by atoms with Crippen molar-refractivity contribution in [3.63, 3.8) is 0 Å². The van der Waals surface area contributed by atoms with E-state index >= 15 is 0 Å². The van der Waals surface area contributed by atoms with Gasteiger partial charge in [0.25, 0.3) is 0 Å². The van der Waals surface area contributed by atoms with E-state index in [-0.39, 0.29) is 15.1 Å². The number of hydrogen-bond acceptors (Lipinski definition) is 4. The third-order valence-corrected chi connectivity index (χ3v) is 4.87. The maximum Gasteiger partial charge on any atom is 0.226 e. The van der Waals surface area contributed by atoms with E-state index in [0.29, 0.717) is 11.0 Å². The van der Waals surface area contributed by atoms with E-state index in [9.17, 15) is 8.42 Å². The zero-order valence-electron chi connectivity index (χ0n) is 10.2. The van der Waals surface area contributed by atoms with Crippen molar-refractivity contribution in [1.82, 2.24) is 9.97 Å². The van der Waals surface area contributed by atoms with Gasteiger partial charge in [-0.3, -0.25) is 0 Å². The number of nitrogens with zero attached hydrogens (tertiary/aromatic N) is 2. The minimum Gasteiger partial charge on any atom is -0.231 e. The van der Waals surface area contributed by atoms with Crippen LogP contribution in [0, 0.1) is 0 Å². The normalized spacial score (nSPS) is 11.7. The number of rotatable bonds is 2. The van der Waals surface area contributed by atoms with Crippen LogP contribution in [0.25, 0.3) is 11.0 Å². The number of hydrogen-bond donors (Lipinski definition) is 0. The van der Waals surface area contributed by atoms with Gasteiger partial charge in [-0.2, -0.15) is 0 Å². The van der Waals surface area contributed by atoms with Gasteiger partial charge in [-0.15, -0.1) is 0 Å². The molecule has 100 valence electrons. The summed E-state index contributed by atoms with van der Waals surface area (Å²) in [5.41, 5.74) is 1.05. The van der Waals surface area contributed by atoms with Crippen LogP contribution in [-0.2, 0) is 9.84 Å². The van der Waals surface area contributed by atoms with Gasteiger partial charge in [0.1, 0.15) is 0 Å². The van der Waals surface area contributed by atoms with Crippen molar-refractivity contribution in [3.05, 3.63) is 59.8 Å². The molecule has 1 aromatic heterocycles. The molecule has 6 heteroatoms. The average Bonchev–Trinajstić information content (AvgIpc) is 2.47. The first kappa shape index (κ1) is 13.0. The summed E-state index contributed by atoms with van der Waals surface area (Å²) in [4.78, 5) is 8.38. The molecule has 3 rings (SSSR count). The van der Waals surface area contributed by atoms with E-state index in [1.165, 1.54) is 12.1 Å². The lowest BCUT2D eigenvalue weighted by atomic mass is 10.3. The smallest absolute Gasteiger partial charge is 0.226 e. The first-order chi connectivity index (χ1) is 9.59. The lowest BCUT2D eigenvalue weighted by molar-refractivity contribution is 0.592. The summed E-state index contributed by atoms with van der Waals surface area (Å²) < 4.78 is 25.0. The van der Waals surface area contributed by atoms with Gasteiger partial charge in [-0.05, 0) is 24.3 Å². The summed E-state index contributed by atoms with van der Waals surface area (Å²) in [6.45, 7) is 0. The lowest BCUT2D eigenvalue weighted by Gasteiger charge is -2.06. The van der Waals surface area contributed by atoms with Crippen molar-refractivity contribution in [1.29, 1.82) is 0 Å². The molecule has 0 aliphatic rings. The number of aromatic nitrogens is 2. The van der Waals surface area contributed by atoms with Crippen molar-refractivity contribution in [2.75, 3.05) is 0 Å². The van der Waals surface area contributed by atoms with Crippen LogP contribution in [0.15, 0.2) is 64.5 Å². The fourth-order valence-electron chi connectivity index (χ4n) is 1.84. The molecule has 0 N–H and O–H groups in total. The summed E-state index contributed by atoms with van der Waals surface area (Å²) >= 11 is 5.98. The van der Waals surface area contributed by atoms with E-state index in [0.717, 1.165) is 0 Å². The van der Waals surface area contributed by atoms with Gasteiger partial charge in [-0.25, -0.2) is 18.4 Å². The highest BCUT2D eigenvalue weighted by molar-refractivity contribution is 7.91. The zero-order chi connectivity index (χ0) is 14.2. The number of fused-ring (bicyclic) bond motifs is 1. The molecule has 0 bridgehead atoms. The third-order valence-electron chi connectivity index (χ3n) is 2.81. The molecule has 20 heavy (non-hydrogen) atoms. The Morgan fingerprint density at radius 1 is 0.800 bits per heavy atom. The number of halogens is 1. The Morgan fingerprint density at radius 2 is 1.35 bits per heavy atom. The molecule has 3 aromatic rings. The molecule has 0 saturated carbocycles. The molecule has 2 aromatic carbocycles. The topological polar surface area (TPSA) is 59.9 Å². The Labute approximate surface area is 121 Å². The number of sulfone groups is 1. The molecule has 1 heterocycles. The van der Waals surface area contributed by atoms with Crippen molar-refractivity contribution >= 4 is 32.5 Å². The van der Waals surface area contributed by atoms with Gasteiger partial charge < -0.3 is 0 Å². The SMILES string of the molecule is O=S(=O)(c1ccccc1)c1nc2ccccc2nc1Cl. The first-order valence-corrected chi connectivity index (χ1v) is 7.67. The van der Waals surface area contributed by atoms with E-state index in [1.54, 1.807) is 42.5 Å². The molecule has 0 atom stereocenters. The molecule has 0 unspecified atom stereocenters. The Kier molecular flexibility index (Phi) is 3.16. The van der Waals surface area contributed by atoms with Gasteiger partial charge in [0.2, 0.25) is 9.84 Å². The summed E-state index contributed by atoms with van der Waals surface area (Å²) in [5.74, 6) is 0. The van der Waals surface area contributed by atoms with E-state index in [4.69, 9.17) is 11.6 Å². The first-order valence-electron chi connectivity index (χ1n) is 5.81. The van der Waals surface area contributed by atoms with E-state index in [2.05, 4.69) is 9.97 Å². The van der Waals surface area contributed by atoms with Crippen LogP contribution in [-0.4, -0.2) is 18.4 Å². The monoisotopic (exact) mass is 304 g/mol. The Bertz CT molecular complexity index is 880. The van der Waals surface area contributed by atoms with Crippen molar-refractivity contribution in [2.45, 2.75) is 9.92 Å². The van der Waals surface area contributed by atoms with Gasteiger partial charge in [-0.1, -0.05) is 41.9 Å². The highest BCUT2D eigenvalue weighted by Crippen LogP contribution is 2.26. The van der Waals surface area contributed by atoms with Gasteiger partial charge in [0.15, 0.2) is 10.2 Å². The fourth-order valence-corrected chi connectivity index (χ4v) is 3.51. The van der Waals surface area contributed by atoms with Crippen LogP contribution in [0.3, 0.4) is 0 Å². The Morgan fingerprint density at radius 3 is 2.00 bits per heavy atom. The van der Waals surface area contributed by atoms with Crippen LogP contribution in [0.4, 0.5) is 0 Å². The maximum atomic E-state index is 12.5. The van der Waals surface area contributed by atoms with Crippen LogP contribution < -0.4 is 0 Å². The zero-order valence-corrected chi connectivity index (χ0v) is 11.8.